The molecule has 0 radical (unpaired) electrons. The van der Waals surface area contributed by atoms with Crippen molar-refractivity contribution in [2.45, 2.75) is 19.6 Å². The molecule has 27 heavy (non-hydrogen) atoms. The van der Waals surface area contributed by atoms with E-state index in [-0.39, 0.29) is 6.54 Å². The molecular weight excluding hydrogens is 338 g/mol. The highest BCUT2D eigenvalue weighted by atomic mass is 16.2. The molecule has 0 spiro atoms. The molecule has 1 N–H and O–H groups in total. The Balaban J connectivity index is 1.70. The minimum absolute atomic E-state index is 0.267. The summed E-state index contributed by atoms with van der Waals surface area (Å²) in [5.41, 5.74) is 2.79. The van der Waals surface area contributed by atoms with E-state index in [1.54, 1.807) is 23.4 Å². The van der Waals surface area contributed by atoms with Crippen molar-refractivity contribution in [2.24, 2.45) is 0 Å². The molecule has 0 aliphatic carbocycles. The third-order valence-corrected chi connectivity index (χ3v) is 4.09. The SMILES string of the molecule is O=C(NCc1cccnc1)C(=O)N(Cc1ccccc1)Cc1ccccc1. The predicted octanol–water partition coefficient (Wildman–Crippen LogP) is 2.93. The van der Waals surface area contributed by atoms with Gasteiger partial charge in [0.05, 0.1) is 0 Å². The van der Waals surface area contributed by atoms with Gasteiger partial charge in [-0.1, -0.05) is 66.7 Å². The average molecular weight is 359 g/mol. The molecule has 0 fully saturated rings. The van der Waals surface area contributed by atoms with E-state index in [1.165, 1.54) is 0 Å². The van der Waals surface area contributed by atoms with Crippen molar-refractivity contribution < 1.29 is 9.59 Å². The molecule has 0 atom stereocenters. The molecule has 0 bridgehead atoms. The molecular formula is C22H21N3O2. The summed E-state index contributed by atoms with van der Waals surface area (Å²) in [6.07, 6.45) is 3.33. The van der Waals surface area contributed by atoms with Gasteiger partial charge in [-0.25, -0.2) is 0 Å². The molecule has 136 valence electrons. The lowest BCUT2D eigenvalue weighted by atomic mass is 10.1. The summed E-state index contributed by atoms with van der Waals surface area (Å²) in [6.45, 7) is 1.01. The molecule has 5 heteroatoms. The molecule has 0 aliphatic heterocycles. The van der Waals surface area contributed by atoms with E-state index in [0.29, 0.717) is 13.1 Å². The van der Waals surface area contributed by atoms with Crippen LogP contribution in [-0.4, -0.2) is 21.7 Å². The Bertz CT molecular complexity index is 826. The van der Waals surface area contributed by atoms with E-state index in [9.17, 15) is 9.59 Å². The Morgan fingerprint density at radius 1 is 0.778 bits per heavy atom. The van der Waals surface area contributed by atoms with E-state index in [1.807, 2.05) is 66.7 Å². The quantitative estimate of drug-likeness (QED) is 0.689. The minimum Gasteiger partial charge on any atom is -0.344 e. The number of amides is 2. The van der Waals surface area contributed by atoms with Crippen molar-refractivity contribution in [2.75, 3.05) is 0 Å². The summed E-state index contributed by atoms with van der Waals surface area (Å²) >= 11 is 0. The van der Waals surface area contributed by atoms with Crippen LogP contribution in [0.2, 0.25) is 0 Å². The van der Waals surface area contributed by atoms with E-state index >= 15 is 0 Å². The lowest BCUT2D eigenvalue weighted by Crippen LogP contribution is -2.42. The first-order chi connectivity index (χ1) is 13.2. The van der Waals surface area contributed by atoms with Crippen LogP contribution in [-0.2, 0) is 29.2 Å². The molecule has 0 saturated carbocycles. The molecule has 0 saturated heterocycles. The zero-order chi connectivity index (χ0) is 18.9. The highest BCUT2D eigenvalue weighted by molar-refractivity contribution is 6.34. The van der Waals surface area contributed by atoms with E-state index in [0.717, 1.165) is 16.7 Å². The Hall–Kier alpha value is -3.47. The second-order valence-corrected chi connectivity index (χ2v) is 6.18. The summed E-state index contributed by atoms with van der Waals surface area (Å²) in [5.74, 6) is -1.17. The number of hydrogen-bond acceptors (Lipinski definition) is 3. The second-order valence-electron chi connectivity index (χ2n) is 6.18. The molecule has 3 aromatic rings. The topological polar surface area (TPSA) is 62.3 Å². The summed E-state index contributed by atoms with van der Waals surface area (Å²) in [5, 5.41) is 2.68. The van der Waals surface area contributed by atoms with Crippen molar-refractivity contribution in [3.05, 3.63) is 102 Å². The maximum atomic E-state index is 12.8. The normalized spacial score (nSPS) is 10.2. The zero-order valence-corrected chi connectivity index (χ0v) is 14.9. The average Bonchev–Trinajstić information content (AvgIpc) is 2.73. The van der Waals surface area contributed by atoms with Gasteiger partial charge in [0.25, 0.3) is 0 Å². The van der Waals surface area contributed by atoms with Gasteiger partial charge in [0, 0.05) is 32.0 Å². The van der Waals surface area contributed by atoms with Gasteiger partial charge in [0.1, 0.15) is 0 Å². The van der Waals surface area contributed by atoms with Gasteiger partial charge >= 0.3 is 11.8 Å². The Kier molecular flexibility index (Phi) is 6.30. The van der Waals surface area contributed by atoms with Crippen LogP contribution < -0.4 is 5.32 Å². The van der Waals surface area contributed by atoms with Gasteiger partial charge in [0.15, 0.2) is 0 Å². The summed E-state index contributed by atoms with van der Waals surface area (Å²) in [7, 11) is 0. The first kappa shape index (κ1) is 18.3. The molecule has 0 unspecified atom stereocenters. The monoisotopic (exact) mass is 359 g/mol. The first-order valence-electron chi connectivity index (χ1n) is 8.76. The van der Waals surface area contributed by atoms with Crippen molar-refractivity contribution in [3.63, 3.8) is 0 Å². The lowest BCUT2D eigenvalue weighted by molar-refractivity contribution is -0.146. The third-order valence-electron chi connectivity index (χ3n) is 4.09. The van der Waals surface area contributed by atoms with Gasteiger partial charge in [-0.3, -0.25) is 14.6 Å². The number of carbonyl (C=O) groups excluding carboxylic acids is 2. The molecule has 2 aromatic carbocycles. The maximum Gasteiger partial charge on any atom is 0.312 e. The predicted molar refractivity (Wildman–Crippen MR) is 103 cm³/mol. The van der Waals surface area contributed by atoms with E-state index in [4.69, 9.17) is 0 Å². The van der Waals surface area contributed by atoms with Crippen LogP contribution in [0.5, 0.6) is 0 Å². The van der Waals surface area contributed by atoms with Crippen LogP contribution in [0.1, 0.15) is 16.7 Å². The lowest BCUT2D eigenvalue weighted by Gasteiger charge is -2.22. The minimum atomic E-state index is -0.620. The number of nitrogens with zero attached hydrogens (tertiary/aromatic N) is 2. The molecule has 2 amide bonds. The van der Waals surface area contributed by atoms with Crippen molar-refractivity contribution in [1.82, 2.24) is 15.2 Å². The van der Waals surface area contributed by atoms with Gasteiger partial charge in [-0.05, 0) is 22.8 Å². The van der Waals surface area contributed by atoms with E-state index in [2.05, 4.69) is 10.3 Å². The second kappa shape index (κ2) is 9.29. The highest BCUT2D eigenvalue weighted by Crippen LogP contribution is 2.10. The molecule has 1 heterocycles. The highest BCUT2D eigenvalue weighted by Gasteiger charge is 2.22. The number of hydrogen-bond donors (Lipinski definition) is 1. The van der Waals surface area contributed by atoms with Crippen LogP contribution in [0.15, 0.2) is 85.2 Å². The fraction of sp³-hybridized carbons (Fsp3) is 0.136. The number of benzene rings is 2. The van der Waals surface area contributed by atoms with Gasteiger partial charge in [-0.2, -0.15) is 0 Å². The van der Waals surface area contributed by atoms with Crippen molar-refractivity contribution in [3.8, 4) is 0 Å². The first-order valence-corrected chi connectivity index (χ1v) is 8.76. The summed E-state index contributed by atoms with van der Waals surface area (Å²) in [4.78, 5) is 30.8. The van der Waals surface area contributed by atoms with Crippen molar-refractivity contribution in [1.29, 1.82) is 0 Å². The van der Waals surface area contributed by atoms with Gasteiger partial charge in [-0.15, -0.1) is 0 Å². The largest absolute Gasteiger partial charge is 0.344 e. The van der Waals surface area contributed by atoms with Crippen LogP contribution in [0.4, 0.5) is 0 Å². The molecule has 1 aromatic heterocycles. The van der Waals surface area contributed by atoms with Crippen LogP contribution in [0.3, 0.4) is 0 Å². The number of pyridine rings is 1. The van der Waals surface area contributed by atoms with Crippen LogP contribution in [0, 0.1) is 0 Å². The molecule has 3 rings (SSSR count). The zero-order valence-electron chi connectivity index (χ0n) is 14.9. The fourth-order valence-electron chi connectivity index (χ4n) is 2.71. The molecule has 0 aliphatic rings. The standard InChI is InChI=1S/C22H21N3O2/c26-21(24-15-20-12-7-13-23-14-20)22(27)25(16-18-8-3-1-4-9-18)17-19-10-5-2-6-11-19/h1-14H,15-17H2,(H,24,26). The van der Waals surface area contributed by atoms with Crippen LogP contribution in [0.25, 0.3) is 0 Å². The number of aromatic nitrogens is 1. The Morgan fingerprint density at radius 2 is 1.33 bits per heavy atom. The summed E-state index contributed by atoms with van der Waals surface area (Å²) < 4.78 is 0. The Labute approximate surface area is 158 Å². The smallest absolute Gasteiger partial charge is 0.312 e. The van der Waals surface area contributed by atoms with E-state index < -0.39 is 11.8 Å². The van der Waals surface area contributed by atoms with Crippen molar-refractivity contribution >= 4 is 11.8 Å². The maximum absolute atomic E-state index is 12.8. The molecule has 5 nitrogen and oxygen atoms in total. The number of nitrogens with one attached hydrogen (secondary N) is 1. The third kappa shape index (κ3) is 5.51. The van der Waals surface area contributed by atoms with Gasteiger partial charge in [0.2, 0.25) is 0 Å². The summed E-state index contributed by atoms with van der Waals surface area (Å²) in [6, 6.07) is 22.9. The fourth-order valence-corrected chi connectivity index (χ4v) is 2.71. The number of carbonyl (C=O) groups is 2. The Morgan fingerprint density at radius 3 is 1.85 bits per heavy atom. The number of rotatable bonds is 6. The van der Waals surface area contributed by atoms with Gasteiger partial charge < -0.3 is 10.2 Å². The van der Waals surface area contributed by atoms with Crippen LogP contribution >= 0.6 is 0 Å².